The van der Waals surface area contributed by atoms with E-state index < -0.39 is 0 Å². The van der Waals surface area contributed by atoms with E-state index in [1.807, 2.05) is 30.9 Å². The first kappa shape index (κ1) is 13.3. The predicted molar refractivity (Wildman–Crippen MR) is 72.9 cm³/mol. The van der Waals surface area contributed by atoms with E-state index in [1.165, 1.54) is 12.8 Å². The first-order valence-corrected chi connectivity index (χ1v) is 6.93. The van der Waals surface area contributed by atoms with E-state index in [4.69, 9.17) is 4.42 Å². The number of aromatic nitrogens is 4. The van der Waals surface area contributed by atoms with Crippen LogP contribution in [-0.4, -0.2) is 45.7 Å². The molecular weight excluding hydrogens is 256 g/mol. The van der Waals surface area contributed by atoms with Crippen molar-refractivity contribution >= 4 is 0 Å². The largest absolute Gasteiger partial charge is 0.468 e. The number of hydrogen-bond acceptors (Lipinski definition) is 6. The van der Waals surface area contributed by atoms with Gasteiger partial charge in [-0.3, -0.25) is 4.90 Å². The van der Waals surface area contributed by atoms with Crippen LogP contribution in [0.5, 0.6) is 0 Å². The smallest absolute Gasteiger partial charge is 0.165 e. The fourth-order valence-electron chi connectivity index (χ4n) is 2.27. The summed E-state index contributed by atoms with van der Waals surface area (Å²) in [5.74, 6) is 1.87. The highest BCUT2D eigenvalue weighted by Crippen LogP contribution is 2.34. The van der Waals surface area contributed by atoms with Crippen LogP contribution >= 0.6 is 0 Å². The number of tetrazole rings is 1. The van der Waals surface area contributed by atoms with Crippen LogP contribution < -0.4 is 5.32 Å². The Balaban J connectivity index is 1.56. The zero-order chi connectivity index (χ0) is 13.9. The first-order valence-electron chi connectivity index (χ1n) is 6.93. The van der Waals surface area contributed by atoms with Crippen molar-refractivity contribution in [2.24, 2.45) is 0 Å². The zero-order valence-corrected chi connectivity index (χ0v) is 11.9. The van der Waals surface area contributed by atoms with E-state index in [2.05, 4.69) is 25.7 Å². The first-order chi connectivity index (χ1) is 9.75. The molecule has 0 bridgehead atoms. The van der Waals surface area contributed by atoms with Gasteiger partial charge in [0.2, 0.25) is 0 Å². The van der Waals surface area contributed by atoms with E-state index in [9.17, 15) is 0 Å². The highest BCUT2D eigenvalue weighted by Gasteiger charge is 2.27. The van der Waals surface area contributed by atoms with Crippen LogP contribution in [0.2, 0.25) is 0 Å². The molecule has 20 heavy (non-hydrogen) atoms. The quantitative estimate of drug-likeness (QED) is 0.813. The summed E-state index contributed by atoms with van der Waals surface area (Å²) in [6, 6.07) is 4.63. The third-order valence-electron chi connectivity index (χ3n) is 3.57. The van der Waals surface area contributed by atoms with Gasteiger partial charge in [-0.2, -0.15) is 0 Å². The van der Waals surface area contributed by atoms with E-state index in [0.717, 1.165) is 18.1 Å². The Morgan fingerprint density at radius 2 is 2.35 bits per heavy atom. The molecule has 7 heteroatoms. The fourth-order valence-corrected chi connectivity index (χ4v) is 2.27. The molecule has 2 heterocycles. The molecule has 1 N–H and O–H groups in total. The van der Waals surface area contributed by atoms with Crippen molar-refractivity contribution in [3.63, 3.8) is 0 Å². The second-order valence-electron chi connectivity index (χ2n) is 5.40. The van der Waals surface area contributed by atoms with Crippen molar-refractivity contribution in [3.8, 4) is 0 Å². The number of likely N-dealkylation sites (N-methyl/N-ethyl adjacent to an activating group) is 1. The third-order valence-corrected chi connectivity index (χ3v) is 3.57. The predicted octanol–water partition coefficient (Wildman–Crippen LogP) is 0.993. The lowest BCUT2D eigenvalue weighted by atomic mass is 10.2. The van der Waals surface area contributed by atoms with Crippen molar-refractivity contribution in [1.29, 1.82) is 0 Å². The minimum Gasteiger partial charge on any atom is -0.468 e. The molecule has 2 aromatic heterocycles. The molecular formula is C13H20N6O. The van der Waals surface area contributed by atoms with Gasteiger partial charge in [-0.05, 0) is 49.5 Å². The Kier molecular flexibility index (Phi) is 3.79. The highest BCUT2D eigenvalue weighted by molar-refractivity contribution is 5.05. The molecule has 1 fully saturated rings. The third kappa shape index (κ3) is 2.88. The lowest BCUT2D eigenvalue weighted by molar-refractivity contribution is 0.249. The monoisotopic (exact) mass is 276 g/mol. The van der Waals surface area contributed by atoms with Crippen molar-refractivity contribution in [2.75, 3.05) is 20.6 Å². The van der Waals surface area contributed by atoms with Crippen molar-refractivity contribution < 1.29 is 4.42 Å². The second-order valence-corrected chi connectivity index (χ2v) is 5.40. The SMILES string of the molecule is CN(C)[C@@H](CNCc1nnnn1C1CC1)c1ccco1. The number of rotatable bonds is 7. The molecule has 1 aliphatic carbocycles. The van der Waals surface area contributed by atoms with Crippen molar-refractivity contribution in [1.82, 2.24) is 30.4 Å². The topological polar surface area (TPSA) is 72.0 Å². The van der Waals surface area contributed by atoms with E-state index >= 15 is 0 Å². The fraction of sp³-hybridized carbons (Fsp3) is 0.615. The number of furan rings is 1. The van der Waals surface area contributed by atoms with Crippen LogP contribution in [0.1, 0.15) is 36.5 Å². The van der Waals surface area contributed by atoms with Crippen molar-refractivity contribution in [3.05, 3.63) is 30.0 Å². The number of hydrogen-bond donors (Lipinski definition) is 1. The molecule has 0 spiro atoms. The summed E-state index contributed by atoms with van der Waals surface area (Å²) >= 11 is 0. The van der Waals surface area contributed by atoms with Crippen LogP contribution in [-0.2, 0) is 6.54 Å². The molecule has 1 atom stereocenters. The number of nitrogens with one attached hydrogen (secondary N) is 1. The maximum absolute atomic E-state index is 5.49. The number of nitrogens with zero attached hydrogens (tertiary/aromatic N) is 5. The Morgan fingerprint density at radius 3 is 3.00 bits per heavy atom. The van der Waals surface area contributed by atoms with Gasteiger partial charge < -0.3 is 9.73 Å². The molecule has 1 saturated carbocycles. The van der Waals surface area contributed by atoms with Gasteiger partial charge in [-0.15, -0.1) is 5.10 Å². The molecule has 0 amide bonds. The molecule has 0 unspecified atom stereocenters. The maximum atomic E-state index is 5.49. The lowest BCUT2D eigenvalue weighted by Gasteiger charge is -2.22. The lowest BCUT2D eigenvalue weighted by Crippen LogP contribution is -2.31. The second kappa shape index (κ2) is 5.72. The average Bonchev–Trinajstić information content (AvgIpc) is 2.94. The standard InChI is InChI=1S/C13H20N6O/c1-18(2)11(12-4-3-7-20-12)8-14-9-13-15-16-17-19(13)10-5-6-10/h3-4,7,10-11,14H,5-6,8-9H2,1-2H3/t11-/m0/s1. The molecule has 2 aromatic rings. The Bertz CT molecular complexity index is 531. The molecule has 7 nitrogen and oxygen atoms in total. The van der Waals surface area contributed by atoms with Crippen LogP contribution in [0.3, 0.4) is 0 Å². The summed E-state index contributed by atoms with van der Waals surface area (Å²) in [5, 5.41) is 15.3. The Hall–Kier alpha value is -1.73. The summed E-state index contributed by atoms with van der Waals surface area (Å²) in [5.41, 5.74) is 0. The van der Waals surface area contributed by atoms with E-state index in [0.29, 0.717) is 12.6 Å². The van der Waals surface area contributed by atoms with E-state index in [1.54, 1.807) is 6.26 Å². The van der Waals surface area contributed by atoms with Gasteiger partial charge >= 0.3 is 0 Å². The van der Waals surface area contributed by atoms with Gasteiger partial charge in [0, 0.05) is 6.54 Å². The molecule has 1 aliphatic rings. The average molecular weight is 276 g/mol. The maximum Gasteiger partial charge on any atom is 0.165 e. The molecule has 3 rings (SSSR count). The summed E-state index contributed by atoms with van der Waals surface area (Å²) in [6.45, 7) is 1.46. The normalized spacial score (nSPS) is 16.8. The molecule has 0 radical (unpaired) electrons. The summed E-state index contributed by atoms with van der Waals surface area (Å²) in [4.78, 5) is 2.13. The van der Waals surface area contributed by atoms with Gasteiger partial charge in [-0.25, -0.2) is 4.68 Å². The minimum atomic E-state index is 0.204. The van der Waals surface area contributed by atoms with Crippen molar-refractivity contribution in [2.45, 2.75) is 31.5 Å². The minimum absolute atomic E-state index is 0.204. The summed E-state index contributed by atoms with van der Waals surface area (Å²) in [6.07, 6.45) is 4.08. The Labute approximate surface area is 117 Å². The highest BCUT2D eigenvalue weighted by atomic mass is 16.3. The van der Waals surface area contributed by atoms with Crippen LogP contribution in [0.15, 0.2) is 22.8 Å². The molecule has 108 valence electrons. The summed E-state index contributed by atoms with van der Waals surface area (Å²) in [7, 11) is 4.09. The molecule has 0 aromatic carbocycles. The zero-order valence-electron chi connectivity index (χ0n) is 11.9. The van der Waals surface area contributed by atoms with Crippen LogP contribution in [0.4, 0.5) is 0 Å². The van der Waals surface area contributed by atoms with Gasteiger partial charge in [0.05, 0.1) is 24.9 Å². The van der Waals surface area contributed by atoms with Gasteiger partial charge in [0.15, 0.2) is 5.82 Å². The van der Waals surface area contributed by atoms with Gasteiger partial charge in [-0.1, -0.05) is 0 Å². The van der Waals surface area contributed by atoms with Gasteiger partial charge in [0.25, 0.3) is 0 Å². The Morgan fingerprint density at radius 1 is 1.50 bits per heavy atom. The summed E-state index contributed by atoms with van der Waals surface area (Å²) < 4.78 is 7.42. The molecule has 0 aliphatic heterocycles. The van der Waals surface area contributed by atoms with Crippen LogP contribution in [0, 0.1) is 0 Å². The van der Waals surface area contributed by atoms with Crippen LogP contribution in [0.25, 0.3) is 0 Å². The van der Waals surface area contributed by atoms with E-state index in [-0.39, 0.29) is 6.04 Å². The van der Waals surface area contributed by atoms with Gasteiger partial charge in [0.1, 0.15) is 5.76 Å². The molecule has 0 saturated heterocycles.